The van der Waals surface area contributed by atoms with E-state index in [1.807, 2.05) is 30.3 Å². The van der Waals surface area contributed by atoms with Crippen LogP contribution in [-0.2, 0) is 0 Å². The van der Waals surface area contributed by atoms with Gasteiger partial charge in [0.15, 0.2) is 0 Å². The molecule has 0 saturated carbocycles. The zero-order valence-corrected chi connectivity index (χ0v) is 12.0. The Hall–Kier alpha value is -2.20. The maximum atomic E-state index is 13.6. The van der Waals surface area contributed by atoms with Gasteiger partial charge < -0.3 is 4.42 Å². The second kappa shape index (κ2) is 5.66. The molecule has 3 nitrogen and oxygen atoms in total. The summed E-state index contributed by atoms with van der Waals surface area (Å²) in [5.41, 5.74) is 1.97. The van der Waals surface area contributed by atoms with Crippen molar-refractivity contribution in [3.8, 4) is 11.5 Å². The van der Waals surface area contributed by atoms with Gasteiger partial charge in [-0.2, -0.15) is 0 Å². The Labute approximate surface area is 126 Å². The summed E-state index contributed by atoms with van der Waals surface area (Å²) in [6.45, 7) is 1.70. The molecule has 0 spiro atoms. The van der Waals surface area contributed by atoms with Crippen molar-refractivity contribution in [1.82, 2.24) is 10.2 Å². The predicted molar refractivity (Wildman–Crippen MR) is 78.6 cm³/mol. The first-order valence-corrected chi connectivity index (χ1v) is 6.88. The van der Waals surface area contributed by atoms with Crippen LogP contribution in [-0.4, -0.2) is 10.2 Å². The van der Waals surface area contributed by atoms with Crippen molar-refractivity contribution in [2.45, 2.75) is 12.3 Å². The maximum Gasteiger partial charge on any atom is 0.247 e. The van der Waals surface area contributed by atoms with Gasteiger partial charge in [-0.15, -0.1) is 21.8 Å². The van der Waals surface area contributed by atoms with E-state index in [2.05, 4.69) is 10.2 Å². The van der Waals surface area contributed by atoms with Gasteiger partial charge in [0, 0.05) is 5.56 Å². The lowest BCUT2D eigenvalue weighted by molar-refractivity contribution is 0.512. The molecule has 0 amide bonds. The van der Waals surface area contributed by atoms with Crippen LogP contribution >= 0.6 is 11.6 Å². The second-order valence-corrected chi connectivity index (χ2v) is 5.12. The molecule has 0 bridgehead atoms. The molecule has 21 heavy (non-hydrogen) atoms. The molecule has 0 fully saturated rings. The normalized spacial score (nSPS) is 12.3. The number of hydrogen-bond donors (Lipinski definition) is 0. The van der Waals surface area contributed by atoms with Gasteiger partial charge in [0.25, 0.3) is 0 Å². The molecule has 1 unspecified atom stereocenters. The van der Waals surface area contributed by atoms with E-state index in [1.165, 1.54) is 6.07 Å². The summed E-state index contributed by atoms with van der Waals surface area (Å²) in [4.78, 5) is 0. The van der Waals surface area contributed by atoms with Crippen LogP contribution in [0.3, 0.4) is 0 Å². The third-order valence-corrected chi connectivity index (χ3v) is 3.61. The van der Waals surface area contributed by atoms with E-state index >= 15 is 0 Å². The molecule has 5 heteroatoms. The van der Waals surface area contributed by atoms with Crippen LogP contribution in [0.5, 0.6) is 0 Å². The Morgan fingerprint density at radius 3 is 2.57 bits per heavy atom. The van der Waals surface area contributed by atoms with Gasteiger partial charge in [-0.25, -0.2) is 4.39 Å². The van der Waals surface area contributed by atoms with Crippen LogP contribution in [0, 0.1) is 12.7 Å². The van der Waals surface area contributed by atoms with Crippen molar-refractivity contribution in [2.75, 3.05) is 0 Å². The quantitative estimate of drug-likeness (QED) is 0.668. The molecule has 0 aliphatic heterocycles. The standard InChI is InChI=1S/C16H12ClFN2O/c1-10-7-8-12(9-13(10)18)15-19-20-16(21-15)14(17)11-5-3-2-4-6-11/h2-9,14H,1H3. The molecule has 0 saturated heterocycles. The molecule has 1 atom stereocenters. The third kappa shape index (κ3) is 2.81. The molecule has 3 aromatic rings. The van der Waals surface area contributed by atoms with Gasteiger partial charge in [0.2, 0.25) is 11.8 Å². The highest BCUT2D eigenvalue weighted by Crippen LogP contribution is 2.30. The number of nitrogens with zero attached hydrogens (tertiary/aromatic N) is 2. The predicted octanol–water partition coefficient (Wildman–Crippen LogP) is 4.51. The summed E-state index contributed by atoms with van der Waals surface area (Å²) in [5, 5.41) is 7.36. The average molecular weight is 303 g/mol. The SMILES string of the molecule is Cc1ccc(-c2nnc(C(Cl)c3ccccc3)o2)cc1F. The molecular formula is C16H12ClFN2O. The van der Waals surface area contributed by atoms with E-state index < -0.39 is 5.38 Å². The average Bonchev–Trinajstić information content (AvgIpc) is 3.00. The smallest absolute Gasteiger partial charge is 0.247 e. The fraction of sp³-hybridized carbons (Fsp3) is 0.125. The van der Waals surface area contributed by atoms with Crippen LogP contribution in [0.1, 0.15) is 22.4 Å². The topological polar surface area (TPSA) is 38.9 Å². The molecule has 2 aromatic carbocycles. The van der Waals surface area contributed by atoms with Crippen molar-refractivity contribution in [3.05, 3.63) is 71.4 Å². The monoisotopic (exact) mass is 302 g/mol. The maximum absolute atomic E-state index is 13.6. The molecule has 106 valence electrons. The summed E-state index contributed by atoms with van der Waals surface area (Å²) in [6.07, 6.45) is 0. The highest BCUT2D eigenvalue weighted by Gasteiger charge is 2.18. The first kappa shape index (κ1) is 13.8. The van der Waals surface area contributed by atoms with Crippen LogP contribution in [0.25, 0.3) is 11.5 Å². The fourth-order valence-electron chi connectivity index (χ4n) is 1.94. The fourth-order valence-corrected chi connectivity index (χ4v) is 2.18. The minimum atomic E-state index is -0.525. The molecule has 1 heterocycles. The van der Waals surface area contributed by atoms with Crippen molar-refractivity contribution in [2.24, 2.45) is 0 Å². The van der Waals surface area contributed by atoms with E-state index in [9.17, 15) is 4.39 Å². The summed E-state index contributed by atoms with van der Waals surface area (Å²) in [5.74, 6) is 0.238. The highest BCUT2D eigenvalue weighted by molar-refractivity contribution is 6.22. The largest absolute Gasteiger partial charge is 0.419 e. The number of rotatable bonds is 3. The van der Waals surface area contributed by atoms with Crippen molar-refractivity contribution in [3.63, 3.8) is 0 Å². The van der Waals surface area contributed by atoms with Crippen LogP contribution < -0.4 is 0 Å². The van der Waals surface area contributed by atoms with Gasteiger partial charge >= 0.3 is 0 Å². The Balaban J connectivity index is 1.91. The number of alkyl halides is 1. The first-order chi connectivity index (χ1) is 10.1. The molecule has 0 N–H and O–H groups in total. The lowest BCUT2D eigenvalue weighted by atomic mass is 10.1. The highest BCUT2D eigenvalue weighted by atomic mass is 35.5. The van der Waals surface area contributed by atoms with E-state index in [0.29, 0.717) is 17.0 Å². The Bertz CT molecular complexity index is 758. The van der Waals surface area contributed by atoms with Gasteiger partial charge in [-0.1, -0.05) is 36.4 Å². The van der Waals surface area contributed by atoms with Crippen LogP contribution in [0.4, 0.5) is 4.39 Å². The number of aryl methyl sites for hydroxylation is 1. The molecular weight excluding hydrogens is 291 g/mol. The lowest BCUT2D eigenvalue weighted by Gasteiger charge is -2.04. The van der Waals surface area contributed by atoms with Crippen molar-refractivity contribution < 1.29 is 8.81 Å². The zero-order valence-electron chi connectivity index (χ0n) is 11.3. The van der Waals surface area contributed by atoms with Crippen molar-refractivity contribution in [1.29, 1.82) is 0 Å². The van der Waals surface area contributed by atoms with Gasteiger partial charge in [-0.3, -0.25) is 0 Å². The third-order valence-electron chi connectivity index (χ3n) is 3.17. The Morgan fingerprint density at radius 1 is 1.10 bits per heavy atom. The van der Waals surface area contributed by atoms with E-state index in [4.69, 9.17) is 16.0 Å². The van der Waals surface area contributed by atoms with Gasteiger partial charge in [-0.05, 0) is 30.2 Å². The minimum absolute atomic E-state index is 0.255. The summed E-state index contributed by atoms with van der Waals surface area (Å²) in [6, 6.07) is 14.2. The number of aromatic nitrogens is 2. The van der Waals surface area contributed by atoms with E-state index in [1.54, 1.807) is 19.1 Å². The molecule has 0 aliphatic carbocycles. The Morgan fingerprint density at radius 2 is 1.86 bits per heavy atom. The summed E-state index contributed by atoms with van der Waals surface area (Å²) in [7, 11) is 0. The molecule has 1 aromatic heterocycles. The van der Waals surface area contributed by atoms with Gasteiger partial charge in [0.1, 0.15) is 11.2 Å². The Kier molecular flexibility index (Phi) is 3.71. The van der Waals surface area contributed by atoms with E-state index in [-0.39, 0.29) is 11.7 Å². The number of halogens is 2. The second-order valence-electron chi connectivity index (χ2n) is 4.68. The first-order valence-electron chi connectivity index (χ1n) is 6.44. The van der Waals surface area contributed by atoms with Crippen molar-refractivity contribution >= 4 is 11.6 Å². The minimum Gasteiger partial charge on any atom is -0.419 e. The molecule has 0 aliphatic rings. The van der Waals surface area contributed by atoms with Crippen LogP contribution in [0.15, 0.2) is 52.9 Å². The lowest BCUT2D eigenvalue weighted by Crippen LogP contribution is -1.92. The summed E-state index contributed by atoms with van der Waals surface area (Å²) >= 11 is 6.32. The number of hydrogen-bond acceptors (Lipinski definition) is 3. The molecule has 0 radical (unpaired) electrons. The number of benzene rings is 2. The zero-order chi connectivity index (χ0) is 14.8. The van der Waals surface area contributed by atoms with Crippen LogP contribution in [0.2, 0.25) is 0 Å². The van der Waals surface area contributed by atoms with E-state index in [0.717, 1.165) is 5.56 Å². The summed E-state index contributed by atoms with van der Waals surface area (Å²) < 4.78 is 19.1. The molecule has 3 rings (SSSR count). The van der Waals surface area contributed by atoms with Gasteiger partial charge in [0.05, 0.1) is 0 Å².